The fourth-order valence-corrected chi connectivity index (χ4v) is 2.95. The van der Waals surface area contributed by atoms with E-state index in [4.69, 9.17) is 16.7 Å². The number of rotatable bonds is 4. The van der Waals surface area contributed by atoms with Gasteiger partial charge in [-0.15, -0.1) is 0 Å². The van der Waals surface area contributed by atoms with Crippen molar-refractivity contribution in [1.29, 1.82) is 0 Å². The Morgan fingerprint density at radius 2 is 1.71 bits per heavy atom. The Bertz CT molecular complexity index is 766. The molecular formula is C13H10ClNO5S. The summed E-state index contributed by atoms with van der Waals surface area (Å²) in [6, 6.07) is 8.83. The number of sulfonamides is 1. The zero-order valence-corrected chi connectivity index (χ0v) is 12.0. The third kappa shape index (κ3) is 3.26. The van der Waals surface area contributed by atoms with Crippen LogP contribution in [0.25, 0.3) is 0 Å². The van der Waals surface area contributed by atoms with Crippen molar-refractivity contribution in [3.8, 4) is 5.75 Å². The van der Waals surface area contributed by atoms with Gasteiger partial charge >= 0.3 is 5.97 Å². The number of halogens is 1. The van der Waals surface area contributed by atoms with E-state index in [0.29, 0.717) is 0 Å². The third-order valence-electron chi connectivity index (χ3n) is 2.64. The molecule has 0 saturated carbocycles. The van der Waals surface area contributed by atoms with E-state index in [1.54, 1.807) is 0 Å². The zero-order chi connectivity index (χ0) is 15.6. The number of carboxylic acid groups (broad SMARTS) is 1. The lowest BCUT2D eigenvalue weighted by molar-refractivity contribution is 0.0696. The Balaban J connectivity index is 2.36. The van der Waals surface area contributed by atoms with Crippen molar-refractivity contribution in [3.05, 3.63) is 53.1 Å². The van der Waals surface area contributed by atoms with Gasteiger partial charge in [0.05, 0.1) is 15.5 Å². The van der Waals surface area contributed by atoms with Gasteiger partial charge in [-0.2, -0.15) is 0 Å². The molecule has 6 nitrogen and oxygen atoms in total. The highest BCUT2D eigenvalue weighted by molar-refractivity contribution is 7.92. The third-order valence-corrected chi connectivity index (χ3v) is 4.32. The molecule has 0 bridgehead atoms. The monoisotopic (exact) mass is 327 g/mol. The molecule has 0 atom stereocenters. The standard InChI is InChI=1S/C13H10ClNO5S/c14-10-2-1-3-11(16)12(10)15-21(19,20)9-6-4-8(5-7-9)13(17)18/h1-7,15-16H,(H,17,18). The molecule has 0 unspecified atom stereocenters. The molecule has 0 amide bonds. The second-order valence-electron chi connectivity index (χ2n) is 4.07. The highest BCUT2D eigenvalue weighted by Gasteiger charge is 2.18. The summed E-state index contributed by atoms with van der Waals surface area (Å²) >= 11 is 5.83. The van der Waals surface area contributed by atoms with E-state index < -0.39 is 16.0 Å². The summed E-state index contributed by atoms with van der Waals surface area (Å²) in [5.74, 6) is -1.47. The molecule has 3 N–H and O–H groups in total. The van der Waals surface area contributed by atoms with Crippen LogP contribution in [-0.2, 0) is 10.0 Å². The first-order valence-corrected chi connectivity index (χ1v) is 7.51. The summed E-state index contributed by atoms with van der Waals surface area (Å²) < 4.78 is 26.5. The number of nitrogens with one attached hydrogen (secondary N) is 1. The van der Waals surface area contributed by atoms with Crippen LogP contribution < -0.4 is 4.72 Å². The average Bonchev–Trinajstić information content (AvgIpc) is 2.43. The number of aromatic carboxylic acids is 1. The Labute approximate surface area is 125 Å². The summed E-state index contributed by atoms with van der Waals surface area (Å²) in [7, 11) is -3.99. The van der Waals surface area contributed by atoms with Crippen LogP contribution in [0.4, 0.5) is 5.69 Å². The summed E-state index contributed by atoms with van der Waals surface area (Å²) in [4.78, 5) is 10.6. The Morgan fingerprint density at radius 3 is 2.24 bits per heavy atom. The number of hydrogen-bond donors (Lipinski definition) is 3. The second kappa shape index (κ2) is 5.63. The average molecular weight is 328 g/mol. The SMILES string of the molecule is O=C(O)c1ccc(S(=O)(=O)Nc2c(O)cccc2Cl)cc1. The van der Waals surface area contributed by atoms with E-state index in [1.807, 2.05) is 0 Å². The van der Waals surface area contributed by atoms with E-state index in [9.17, 15) is 18.3 Å². The lowest BCUT2D eigenvalue weighted by atomic mass is 10.2. The number of phenols is 1. The van der Waals surface area contributed by atoms with Gasteiger partial charge in [0.1, 0.15) is 11.4 Å². The molecule has 8 heteroatoms. The largest absolute Gasteiger partial charge is 0.506 e. The molecule has 0 aliphatic heterocycles. The molecule has 0 fully saturated rings. The summed E-state index contributed by atoms with van der Waals surface area (Å²) in [6.07, 6.45) is 0. The summed E-state index contributed by atoms with van der Waals surface area (Å²) in [5.41, 5.74) is -0.170. The quantitative estimate of drug-likeness (QED) is 0.749. The molecule has 0 saturated heterocycles. The van der Waals surface area contributed by atoms with Gasteiger partial charge in [-0.1, -0.05) is 17.7 Å². The molecule has 0 heterocycles. The maximum Gasteiger partial charge on any atom is 0.335 e. The van der Waals surface area contributed by atoms with Gasteiger partial charge in [0.25, 0.3) is 10.0 Å². The Hall–Kier alpha value is -2.25. The highest BCUT2D eigenvalue weighted by atomic mass is 35.5. The maximum atomic E-state index is 12.2. The molecule has 0 aliphatic rings. The molecule has 21 heavy (non-hydrogen) atoms. The zero-order valence-electron chi connectivity index (χ0n) is 10.4. The fraction of sp³-hybridized carbons (Fsp3) is 0. The Morgan fingerprint density at radius 1 is 1.10 bits per heavy atom. The van der Waals surface area contributed by atoms with Crippen molar-refractivity contribution in [2.75, 3.05) is 4.72 Å². The van der Waals surface area contributed by atoms with Gasteiger partial charge in [-0.05, 0) is 36.4 Å². The van der Waals surface area contributed by atoms with Gasteiger partial charge in [0, 0.05) is 0 Å². The molecule has 0 spiro atoms. The van der Waals surface area contributed by atoms with Crippen molar-refractivity contribution in [3.63, 3.8) is 0 Å². The van der Waals surface area contributed by atoms with Crippen molar-refractivity contribution in [2.24, 2.45) is 0 Å². The van der Waals surface area contributed by atoms with E-state index in [1.165, 1.54) is 30.3 Å². The molecule has 2 aromatic rings. The lowest BCUT2D eigenvalue weighted by Crippen LogP contribution is -2.13. The number of hydrogen-bond acceptors (Lipinski definition) is 4. The number of benzene rings is 2. The van der Waals surface area contributed by atoms with E-state index in [2.05, 4.69) is 4.72 Å². The molecule has 0 radical (unpaired) electrons. The van der Waals surface area contributed by atoms with Crippen LogP contribution in [-0.4, -0.2) is 24.6 Å². The van der Waals surface area contributed by atoms with Crippen molar-refractivity contribution in [2.45, 2.75) is 4.90 Å². The number of aromatic hydroxyl groups is 1. The molecule has 2 rings (SSSR count). The molecular weight excluding hydrogens is 318 g/mol. The van der Waals surface area contributed by atoms with Crippen molar-refractivity contribution >= 4 is 33.3 Å². The van der Waals surface area contributed by atoms with Crippen LogP contribution in [0.2, 0.25) is 5.02 Å². The van der Waals surface area contributed by atoms with Crippen LogP contribution in [0.5, 0.6) is 5.75 Å². The minimum atomic E-state index is -3.99. The summed E-state index contributed by atoms with van der Waals surface area (Å²) in [5, 5.41) is 18.4. The number of anilines is 1. The van der Waals surface area contributed by atoms with Crippen LogP contribution in [0, 0.1) is 0 Å². The maximum absolute atomic E-state index is 12.2. The van der Waals surface area contributed by atoms with Gasteiger partial charge in [-0.25, -0.2) is 13.2 Å². The van der Waals surface area contributed by atoms with Gasteiger partial charge in [-0.3, -0.25) is 4.72 Å². The first-order chi connectivity index (χ1) is 9.81. The number of carbonyl (C=O) groups is 1. The van der Waals surface area contributed by atoms with Crippen LogP contribution in [0.1, 0.15) is 10.4 Å². The van der Waals surface area contributed by atoms with Crippen molar-refractivity contribution in [1.82, 2.24) is 0 Å². The molecule has 110 valence electrons. The lowest BCUT2D eigenvalue weighted by Gasteiger charge is -2.11. The summed E-state index contributed by atoms with van der Waals surface area (Å²) in [6.45, 7) is 0. The number of carboxylic acids is 1. The van der Waals surface area contributed by atoms with E-state index >= 15 is 0 Å². The second-order valence-corrected chi connectivity index (χ2v) is 6.16. The Kier molecular flexibility index (Phi) is 4.06. The molecule has 0 aromatic heterocycles. The van der Waals surface area contributed by atoms with E-state index in [-0.39, 0.29) is 26.9 Å². The van der Waals surface area contributed by atoms with Gasteiger partial charge in [0.15, 0.2) is 0 Å². The first-order valence-electron chi connectivity index (χ1n) is 5.65. The van der Waals surface area contributed by atoms with Crippen molar-refractivity contribution < 1.29 is 23.4 Å². The predicted octanol–water partition coefficient (Wildman–Crippen LogP) is 2.54. The number of phenolic OH excluding ortho intramolecular Hbond substituents is 1. The normalized spacial score (nSPS) is 11.1. The minimum absolute atomic E-state index is 0.0328. The van der Waals surface area contributed by atoms with Gasteiger partial charge in [0.2, 0.25) is 0 Å². The van der Waals surface area contributed by atoms with Crippen LogP contribution in [0.15, 0.2) is 47.4 Å². The minimum Gasteiger partial charge on any atom is -0.506 e. The topological polar surface area (TPSA) is 104 Å². The predicted molar refractivity (Wildman–Crippen MR) is 77.3 cm³/mol. The highest BCUT2D eigenvalue weighted by Crippen LogP contribution is 2.32. The van der Waals surface area contributed by atoms with Gasteiger partial charge < -0.3 is 10.2 Å². The molecule has 2 aromatic carbocycles. The van der Waals surface area contributed by atoms with Crippen LogP contribution in [0.3, 0.4) is 0 Å². The fourth-order valence-electron chi connectivity index (χ4n) is 1.58. The number of para-hydroxylation sites is 1. The smallest absolute Gasteiger partial charge is 0.335 e. The first kappa shape index (κ1) is 15.1. The van der Waals surface area contributed by atoms with E-state index in [0.717, 1.165) is 12.1 Å². The molecule has 0 aliphatic carbocycles. The van der Waals surface area contributed by atoms with Crippen LogP contribution >= 0.6 is 11.6 Å².